The van der Waals surface area contributed by atoms with Gasteiger partial charge in [0.05, 0.1) is 0 Å². The summed E-state index contributed by atoms with van der Waals surface area (Å²) in [7, 11) is 0. The predicted octanol–water partition coefficient (Wildman–Crippen LogP) is 5.73. The molecule has 0 unspecified atom stereocenters. The second kappa shape index (κ2) is 10.6. The minimum absolute atomic E-state index is 0.171. The Morgan fingerprint density at radius 3 is 1.90 bits per heavy atom. The van der Waals surface area contributed by atoms with Crippen LogP contribution in [0, 0.1) is 5.92 Å². The Balaban J connectivity index is 1.51. The average molecular weight is 409 g/mol. The number of benzene rings is 2. The highest BCUT2D eigenvalue weighted by Gasteiger charge is 2.27. The maximum Gasteiger partial charge on any atom is 0.410 e. The van der Waals surface area contributed by atoms with Crippen molar-refractivity contribution in [2.75, 3.05) is 19.6 Å². The first-order valence-electron chi connectivity index (χ1n) is 11.2. The van der Waals surface area contributed by atoms with Crippen molar-refractivity contribution in [2.45, 2.75) is 58.7 Å². The van der Waals surface area contributed by atoms with Gasteiger partial charge in [0.15, 0.2) is 0 Å². The van der Waals surface area contributed by atoms with Crippen LogP contribution in [0.5, 0.6) is 0 Å². The molecule has 0 spiro atoms. The summed E-state index contributed by atoms with van der Waals surface area (Å²) in [5.74, 6) is 0.665. The molecule has 1 heterocycles. The van der Waals surface area contributed by atoms with Gasteiger partial charge in [-0.15, -0.1) is 0 Å². The molecule has 2 aromatic rings. The molecule has 3 rings (SSSR count). The lowest BCUT2D eigenvalue weighted by atomic mass is 9.93. The van der Waals surface area contributed by atoms with E-state index in [4.69, 9.17) is 4.74 Å². The molecule has 162 valence electrons. The van der Waals surface area contributed by atoms with E-state index in [0.29, 0.717) is 5.92 Å². The fourth-order valence-corrected chi connectivity index (χ4v) is 3.99. The van der Waals surface area contributed by atoms with E-state index in [1.807, 2.05) is 25.7 Å². The van der Waals surface area contributed by atoms with E-state index in [0.717, 1.165) is 45.6 Å². The quantitative estimate of drug-likeness (QED) is 0.587. The molecule has 1 aliphatic heterocycles. The zero-order valence-electron chi connectivity index (χ0n) is 18.7. The van der Waals surface area contributed by atoms with Crippen molar-refractivity contribution in [1.29, 1.82) is 0 Å². The van der Waals surface area contributed by atoms with Crippen LogP contribution in [0.4, 0.5) is 4.79 Å². The third-order valence-electron chi connectivity index (χ3n) is 5.62. The minimum atomic E-state index is -0.427. The third kappa shape index (κ3) is 7.49. The first-order chi connectivity index (χ1) is 14.4. The summed E-state index contributed by atoms with van der Waals surface area (Å²) in [6.45, 7) is 10.4. The van der Waals surface area contributed by atoms with E-state index in [2.05, 4.69) is 65.6 Å². The van der Waals surface area contributed by atoms with E-state index in [1.54, 1.807) is 0 Å². The van der Waals surface area contributed by atoms with Gasteiger partial charge in [-0.05, 0) is 63.6 Å². The normalized spacial score (nSPS) is 15.4. The maximum absolute atomic E-state index is 12.3. The Kier molecular flexibility index (Phi) is 7.92. The number of nitrogens with zero attached hydrogens (tertiary/aromatic N) is 2. The molecule has 0 atom stereocenters. The van der Waals surface area contributed by atoms with Crippen LogP contribution in [0.3, 0.4) is 0 Å². The van der Waals surface area contributed by atoms with Crippen molar-refractivity contribution in [1.82, 2.24) is 9.80 Å². The highest BCUT2D eigenvalue weighted by Crippen LogP contribution is 2.23. The largest absolute Gasteiger partial charge is 0.444 e. The Morgan fingerprint density at radius 2 is 1.43 bits per heavy atom. The van der Waals surface area contributed by atoms with Crippen molar-refractivity contribution in [3.8, 4) is 0 Å². The topological polar surface area (TPSA) is 32.8 Å². The second-order valence-electron chi connectivity index (χ2n) is 9.38. The number of rotatable bonds is 7. The number of ether oxygens (including phenoxy) is 1. The maximum atomic E-state index is 12.3. The highest BCUT2D eigenvalue weighted by molar-refractivity contribution is 5.68. The summed E-state index contributed by atoms with van der Waals surface area (Å²) >= 11 is 0. The van der Waals surface area contributed by atoms with E-state index < -0.39 is 5.60 Å². The molecule has 4 nitrogen and oxygen atoms in total. The van der Waals surface area contributed by atoms with Crippen molar-refractivity contribution >= 4 is 6.09 Å². The zero-order chi connectivity index (χ0) is 21.4. The standard InChI is InChI=1S/C26H36N2O2/c1-26(2,3)30-25(29)28-18-15-22(16-19-28)14-17-27(20-23-10-6-4-7-11-23)21-24-12-8-5-9-13-24/h4-13,22H,14-21H2,1-3H3. The van der Waals surface area contributed by atoms with Crippen molar-refractivity contribution in [3.05, 3.63) is 71.8 Å². The first-order valence-corrected chi connectivity index (χ1v) is 11.2. The van der Waals surface area contributed by atoms with Gasteiger partial charge in [0.2, 0.25) is 0 Å². The lowest BCUT2D eigenvalue weighted by Crippen LogP contribution is -2.42. The van der Waals surface area contributed by atoms with Gasteiger partial charge in [-0.25, -0.2) is 4.79 Å². The number of carbonyl (C=O) groups is 1. The van der Waals surface area contributed by atoms with E-state index >= 15 is 0 Å². The summed E-state index contributed by atoms with van der Waals surface area (Å²) < 4.78 is 5.52. The van der Waals surface area contributed by atoms with E-state index in [9.17, 15) is 4.79 Å². The molecule has 0 radical (unpaired) electrons. The number of hydrogen-bond acceptors (Lipinski definition) is 3. The fourth-order valence-electron chi connectivity index (χ4n) is 3.99. The number of hydrogen-bond donors (Lipinski definition) is 0. The van der Waals surface area contributed by atoms with E-state index in [-0.39, 0.29) is 6.09 Å². The van der Waals surface area contributed by atoms with Crippen molar-refractivity contribution in [2.24, 2.45) is 5.92 Å². The summed E-state index contributed by atoms with van der Waals surface area (Å²) in [5.41, 5.74) is 2.28. The monoisotopic (exact) mass is 408 g/mol. The summed E-state index contributed by atoms with van der Waals surface area (Å²) in [6, 6.07) is 21.4. The summed E-state index contributed by atoms with van der Waals surface area (Å²) in [4.78, 5) is 16.7. The van der Waals surface area contributed by atoms with Crippen LogP contribution in [-0.4, -0.2) is 41.1 Å². The number of carbonyl (C=O) groups excluding carboxylic acids is 1. The summed E-state index contributed by atoms with van der Waals surface area (Å²) in [5, 5.41) is 0. The first kappa shape index (κ1) is 22.4. The van der Waals surface area contributed by atoms with Crippen LogP contribution in [0.25, 0.3) is 0 Å². The number of amides is 1. The van der Waals surface area contributed by atoms with Gasteiger partial charge in [-0.2, -0.15) is 0 Å². The molecular formula is C26H36N2O2. The minimum Gasteiger partial charge on any atom is -0.444 e. The summed E-state index contributed by atoms with van der Waals surface area (Å²) in [6.07, 6.45) is 3.12. The van der Waals surface area contributed by atoms with Crippen LogP contribution in [0.2, 0.25) is 0 Å². The van der Waals surface area contributed by atoms with Gasteiger partial charge in [0, 0.05) is 26.2 Å². The fraction of sp³-hybridized carbons (Fsp3) is 0.500. The molecule has 0 aromatic heterocycles. The highest BCUT2D eigenvalue weighted by atomic mass is 16.6. The molecule has 2 aromatic carbocycles. The average Bonchev–Trinajstić information content (AvgIpc) is 2.73. The van der Waals surface area contributed by atoms with E-state index in [1.165, 1.54) is 17.5 Å². The van der Waals surface area contributed by atoms with Gasteiger partial charge in [-0.3, -0.25) is 4.90 Å². The van der Waals surface area contributed by atoms with Crippen LogP contribution >= 0.6 is 0 Å². The predicted molar refractivity (Wildman–Crippen MR) is 122 cm³/mol. The van der Waals surface area contributed by atoms with Gasteiger partial charge in [0.1, 0.15) is 5.60 Å². The van der Waals surface area contributed by atoms with Crippen molar-refractivity contribution in [3.63, 3.8) is 0 Å². The molecule has 0 aliphatic carbocycles. The molecule has 1 saturated heterocycles. The van der Waals surface area contributed by atoms with Gasteiger partial charge >= 0.3 is 6.09 Å². The second-order valence-corrected chi connectivity index (χ2v) is 9.38. The molecule has 0 N–H and O–H groups in total. The third-order valence-corrected chi connectivity index (χ3v) is 5.62. The molecule has 0 bridgehead atoms. The Labute approximate surface area is 181 Å². The lowest BCUT2D eigenvalue weighted by molar-refractivity contribution is 0.0177. The Bertz CT molecular complexity index is 721. The van der Waals surface area contributed by atoms with Gasteiger partial charge in [-0.1, -0.05) is 60.7 Å². The molecule has 1 aliphatic rings. The van der Waals surface area contributed by atoms with Crippen LogP contribution in [-0.2, 0) is 17.8 Å². The molecule has 1 fully saturated rings. The number of likely N-dealkylation sites (tertiary alicyclic amines) is 1. The number of piperidine rings is 1. The Morgan fingerprint density at radius 1 is 0.933 bits per heavy atom. The van der Waals surface area contributed by atoms with Gasteiger partial charge < -0.3 is 9.64 Å². The Hall–Kier alpha value is -2.33. The smallest absolute Gasteiger partial charge is 0.410 e. The molecule has 30 heavy (non-hydrogen) atoms. The van der Waals surface area contributed by atoms with Crippen LogP contribution in [0.15, 0.2) is 60.7 Å². The molecular weight excluding hydrogens is 372 g/mol. The molecule has 4 heteroatoms. The SMILES string of the molecule is CC(C)(C)OC(=O)N1CCC(CCN(Cc2ccccc2)Cc2ccccc2)CC1. The van der Waals surface area contributed by atoms with Crippen LogP contribution in [0.1, 0.15) is 51.2 Å². The zero-order valence-corrected chi connectivity index (χ0v) is 18.7. The lowest BCUT2D eigenvalue weighted by Gasteiger charge is -2.34. The van der Waals surface area contributed by atoms with Crippen molar-refractivity contribution < 1.29 is 9.53 Å². The van der Waals surface area contributed by atoms with Crippen LogP contribution < -0.4 is 0 Å². The molecule has 1 amide bonds. The van der Waals surface area contributed by atoms with Gasteiger partial charge in [0.25, 0.3) is 0 Å². The molecule has 0 saturated carbocycles.